The molecule has 0 spiro atoms. The third kappa shape index (κ3) is 3.44. The van der Waals surface area contributed by atoms with Crippen molar-refractivity contribution in [1.29, 1.82) is 0 Å². The second-order valence-corrected chi connectivity index (χ2v) is 5.47. The van der Waals surface area contributed by atoms with Gasteiger partial charge >= 0.3 is 0 Å². The van der Waals surface area contributed by atoms with E-state index in [1.54, 1.807) is 0 Å². The number of hydrogen-bond donors (Lipinski definition) is 2. The molecule has 3 aromatic carbocycles. The lowest BCUT2D eigenvalue weighted by molar-refractivity contribution is -0.115. The molecule has 0 aliphatic heterocycles. The molecule has 3 aromatic rings. The van der Waals surface area contributed by atoms with Crippen molar-refractivity contribution in [2.24, 2.45) is 0 Å². The Balaban J connectivity index is 1.72. The van der Waals surface area contributed by atoms with Crippen LogP contribution in [0.15, 0.2) is 71.6 Å². The first kappa shape index (κ1) is 13.7. The number of carbonyl (C=O) groups excluding carboxylic acids is 1. The van der Waals surface area contributed by atoms with Crippen LogP contribution in [-0.4, -0.2) is 5.91 Å². The number of rotatable bonds is 3. The van der Waals surface area contributed by atoms with Crippen LogP contribution < -0.4 is 5.32 Å². The second kappa shape index (κ2) is 6.02. The first-order valence-electron chi connectivity index (χ1n) is 6.77. The van der Waals surface area contributed by atoms with Crippen LogP contribution in [0.2, 0.25) is 0 Å². The van der Waals surface area contributed by atoms with E-state index >= 15 is 0 Å². The highest BCUT2D eigenvalue weighted by Crippen LogP contribution is 2.19. The van der Waals surface area contributed by atoms with E-state index in [4.69, 9.17) is 0 Å². The molecule has 1 N–H and O–H groups in total. The minimum absolute atomic E-state index is 0.0165. The Kier molecular flexibility index (Phi) is 3.93. The molecule has 0 aliphatic carbocycles. The fourth-order valence-electron chi connectivity index (χ4n) is 2.27. The number of fused-ring (bicyclic) bond motifs is 1. The molecule has 0 aliphatic rings. The minimum atomic E-state index is -0.0165. The molecule has 0 aromatic heterocycles. The Morgan fingerprint density at radius 3 is 2.38 bits per heavy atom. The van der Waals surface area contributed by atoms with Gasteiger partial charge in [-0.25, -0.2) is 0 Å². The quantitative estimate of drug-likeness (QED) is 0.692. The molecule has 0 atom stereocenters. The van der Waals surface area contributed by atoms with Crippen molar-refractivity contribution >= 4 is 35.0 Å². The van der Waals surface area contributed by atoms with Crippen LogP contribution in [0.1, 0.15) is 5.56 Å². The van der Waals surface area contributed by atoms with Gasteiger partial charge in [0.25, 0.3) is 0 Å². The first-order chi connectivity index (χ1) is 10.2. The van der Waals surface area contributed by atoms with Crippen molar-refractivity contribution < 1.29 is 4.79 Å². The Morgan fingerprint density at radius 1 is 0.905 bits per heavy atom. The lowest BCUT2D eigenvalue weighted by Gasteiger charge is -2.07. The molecule has 104 valence electrons. The van der Waals surface area contributed by atoms with Crippen molar-refractivity contribution in [3.63, 3.8) is 0 Å². The number of nitrogens with one attached hydrogen (secondary N) is 1. The highest BCUT2D eigenvalue weighted by atomic mass is 32.1. The van der Waals surface area contributed by atoms with Crippen molar-refractivity contribution in [1.82, 2.24) is 0 Å². The van der Waals surface area contributed by atoms with E-state index in [0.717, 1.165) is 21.5 Å². The van der Waals surface area contributed by atoms with Gasteiger partial charge in [0.15, 0.2) is 0 Å². The second-order valence-electron chi connectivity index (χ2n) is 4.95. The summed E-state index contributed by atoms with van der Waals surface area (Å²) in [6.07, 6.45) is 0.362. The molecule has 3 rings (SSSR count). The monoisotopic (exact) mass is 293 g/mol. The van der Waals surface area contributed by atoms with E-state index < -0.39 is 0 Å². The molecule has 0 heterocycles. The predicted molar refractivity (Wildman–Crippen MR) is 90.0 cm³/mol. The third-order valence-corrected chi connectivity index (χ3v) is 3.63. The SMILES string of the molecule is O=C(Cc1ccc(S)cc1)Nc1ccc2ccccc2c1. The Hall–Kier alpha value is -2.26. The molecule has 0 saturated heterocycles. The van der Waals surface area contributed by atoms with Gasteiger partial charge < -0.3 is 5.32 Å². The maximum atomic E-state index is 12.1. The van der Waals surface area contributed by atoms with Gasteiger partial charge in [0.1, 0.15) is 0 Å². The number of carbonyl (C=O) groups is 1. The van der Waals surface area contributed by atoms with Gasteiger partial charge in [-0.1, -0.05) is 42.5 Å². The van der Waals surface area contributed by atoms with Crippen LogP contribution in [0, 0.1) is 0 Å². The zero-order valence-electron chi connectivity index (χ0n) is 11.4. The third-order valence-electron chi connectivity index (χ3n) is 3.33. The maximum absolute atomic E-state index is 12.1. The Morgan fingerprint density at radius 2 is 1.62 bits per heavy atom. The first-order valence-corrected chi connectivity index (χ1v) is 7.22. The minimum Gasteiger partial charge on any atom is -0.326 e. The van der Waals surface area contributed by atoms with Gasteiger partial charge in [0.2, 0.25) is 5.91 Å². The smallest absolute Gasteiger partial charge is 0.228 e. The van der Waals surface area contributed by atoms with E-state index in [1.165, 1.54) is 5.39 Å². The summed E-state index contributed by atoms with van der Waals surface area (Å²) in [5.41, 5.74) is 1.80. The van der Waals surface area contributed by atoms with Crippen LogP contribution in [0.25, 0.3) is 10.8 Å². The summed E-state index contributed by atoms with van der Waals surface area (Å²) in [5, 5.41) is 5.23. The number of amides is 1. The normalized spacial score (nSPS) is 10.5. The molecule has 3 heteroatoms. The predicted octanol–water partition coefficient (Wildman–Crippen LogP) is 4.31. The van der Waals surface area contributed by atoms with E-state index in [1.807, 2.05) is 60.7 Å². The van der Waals surface area contributed by atoms with Crippen molar-refractivity contribution in [2.45, 2.75) is 11.3 Å². The molecule has 1 amide bonds. The summed E-state index contributed by atoms with van der Waals surface area (Å²) in [5.74, 6) is -0.0165. The summed E-state index contributed by atoms with van der Waals surface area (Å²) in [4.78, 5) is 13.0. The van der Waals surface area contributed by atoms with E-state index in [9.17, 15) is 4.79 Å². The van der Waals surface area contributed by atoms with Crippen LogP contribution in [-0.2, 0) is 11.2 Å². The molecule has 0 unspecified atom stereocenters. The maximum Gasteiger partial charge on any atom is 0.228 e. The van der Waals surface area contributed by atoms with E-state index in [-0.39, 0.29) is 5.91 Å². The molecule has 2 nitrogen and oxygen atoms in total. The van der Waals surface area contributed by atoms with Gasteiger partial charge in [0.05, 0.1) is 6.42 Å². The van der Waals surface area contributed by atoms with Crippen LogP contribution >= 0.6 is 12.6 Å². The van der Waals surface area contributed by atoms with E-state index in [0.29, 0.717) is 6.42 Å². The lowest BCUT2D eigenvalue weighted by atomic mass is 10.1. The largest absolute Gasteiger partial charge is 0.326 e. The summed E-state index contributed by atoms with van der Waals surface area (Å²) in [6.45, 7) is 0. The number of benzene rings is 3. The van der Waals surface area contributed by atoms with Crippen LogP contribution in [0.5, 0.6) is 0 Å². The molecule has 21 heavy (non-hydrogen) atoms. The van der Waals surface area contributed by atoms with E-state index in [2.05, 4.69) is 24.0 Å². The van der Waals surface area contributed by atoms with Gasteiger partial charge in [-0.05, 0) is 40.6 Å². The van der Waals surface area contributed by atoms with Gasteiger partial charge in [0, 0.05) is 10.6 Å². The van der Waals surface area contributed by atoms with Crippen LogP contribution in [0.4, 0.5) is 5.69 Å². The highest BCUT2D eigenvalue weighted by Gasteiger charge is 2.04. The fourth-order valence-corrected chi connectivity index (χ4v) is 2.42. The van der Waals surface area contributed by atoms with Crippen LogP contribution in [0.3, 0.4) is 0 Å². The van der Waals surface area contributed by atoms with Crippen molar-refractivity contribution in [3.05, 3.63) is 72.3 Å². The van der Waals surface area contributed by atoms with Gasteiger partial charge in [-0.2, -0.15) is 0 Å². The zero-order chi connectivity index (χ0) is 14.7. The zero-order valence-corrected chi connectivity index (χ0v) is 12.3. The number of thiol groups is 1. The Bertz CT molecular complexity index is 781. The molecular formula is C18H15NOS. The molecule has 0 saturated carbocycles. The molecule has 0 bridgehead atoms. The Labute approximate surface area is 129 Å². The summed E-state index contributed by atoms with van der Waals surface area (Å²) < 4.78 is 0. The lowest BCUT2D eigenvalue weighted by Crippen LogP contribution is -2.14. The standard InChI is InChI=1S/C18H15NOS/c20-18(11-13-5-9-17(21)10-6-13)19-16-8-7-14-3-1-2-4-15(14)12-16/h1-10,12,21H,11H2,(H,19,20). The van der Waals surface area contributed by atoms with Gasteiger partial charge in [-0.3, -0.25) is 4.79 Å². The van der Waals surface area contributed by atoms with Gasteiger partial charge in [-0.15, -0.1) is 12.6 Å². The topological polar surface area (TPSA) is 29.1 Å². The average Bonchev–Trinajstić information content (AvgIpc) is 2.49. The van der Waals surface area contributed by atoms with Crippen molar-refractivity contribution in [2.75, 3.05) is 5.32 Å². The number of anilines is 1. The molecule has 0 fully saturated rings. The number of hydrogen-bond acceptors (Lipinski definition) is 2. The average molecular weight is 293 g/mol. The van der Waals surface area contributed by atoms with Crippen molar-refractivity contribution in [3.8, 4) is 0 Å². The summed E-state index contributed by atoms with van der Waals surface area (Å²) in [7, 11) is 0. The fraction of sp³-hybridized carbons (Fsp3) is 0.0556. The summed E-state index contributed by atoms with van der Waals surface area (Å²) >= 11 is 4.24. The summed E-state index contributed by atoms with van der Waals surface area (Å²) in [6, 6.07) is 21.6. The highest BCUT2D eigenvalue weighted by molar-refractivity contribution is 7.80. The molecule has 0 radical (unpaired) electrons. The molecular weight excluding hydrogens is 278 g/mol.